The Balaban J connectivity index is 1.91. The summed E-state index contributed by atoms with van der Waals surface area (Å²) in [6.07, 6.45) is 7.40. The lowest BCUT2D eigenvalue weighted by molar-refractivity contribution is -0.178. The van der Waals surface area contributed by atoms with Crippen LogP contribution >= 0.6 is 11.3 Å². The lowest BCUT2D eigenvalue weighted by atomic mass is 10.1. The predicted molar refractivity (Wildman–Crippen MR) is 146 cm³/mol. The van der Waals surface area contributed by atoms with E-state index in [-0.39, 0.29) is 23.3 Å². The Bertz CT molecular complexity index is 827. The fraction of sp³-hybridized carbons (Fsp3) is 0.741. The molecule has 0 aliphatic carbocycles. The lowest BCUT2D eigenvalue weighted by Crippen LogP contribution is -2.44. The van der Waals surface area contributed by atoms with Crippen LogP contribution in [0.2, 0.25) is 18.1 Å². The Morgan fingerprint density at radius 3 is 2.69 bits per heavy atom. The summed E-state index contributed by atoms with van der Waals surface area (Å²) in [6.45, 7) is 18.8. The summed E-state index contributed by atoms with van der Waals surface area (Å²) in [5, 5.41) is 2.80. The van der Waals surface area contributed by atoms with Gasteiger partial charge >= 0.3 is 0 Å². The second-order valence-electron chi connectivity index (χ2n) is 11.0. The van der Waals surface area contributed by atoms with Gasteiger partial charge in [-0.15, -0.1) is 11.3 Å². The number of thiazole rings is 1. The number of hydrogen-bond acceptors (Lipinski definition) is 6. The fourth-order valence-electron chi connectivity index (χ4n) is 3.40. The monoisotopic (exact) mass is 527 g/mol. The minimum atomic E-state index is -2.16. The first-order valence-electron chi connectivity index (χ1n) is 12.8. The number of hydrogen-bond donors (Lipinski definition) is 0. The van der Waals surface area contributed by atoms with Gasteiger partial charge in [-0.05, 0) is 77.1 Å². The van der Waals surface area contributed by atoms with Crippen molar-refractivity contribution in [1.29, 1.82) is 0 Å². The van der Waals surface area contributed by atoms with E-state index in [0.29, 0.717) is 25.3 Å². The average Bonchev–Trinajstić information content (AvgIpc) is 3.19. The standard InChI is InChI=1S/C27H46FNO4SSi/c1-20(14-16-30-21(2)18-32-26-11-9-10-15-31-26)12-13-25(33-35(7,8)27(4,5)6)24(28)17-23-19-34-22(3)29-23/h12,17,19,21,25-26H,9-11,13-16,18H2,1-8H3/b20-12+,24-17-/t21?,25-,26+/m0/s1. The molecule has 35 heavy (non-hydrogen) atoms. The van der Waals surface area contributed by atoms with Crippen molar-refractivity contribution < 1.29 is 23.0 Å². The zero-order valence-electron chi connectivity index (χ0n) is 23.0. The highest BCUT2D eigenvalue weighted by molar-refractivity contribution is 7.09. The summed E-state index contributed by atoms with van der Waals surface area (Å²) in [6, 6.07) is 0. The van der Waals surface area contributed by atoms with Gasteiger partial charge in [0.15, 0.2) is 14.6 Å². The van der Waals surface area contributed by atoms with Crippen LogP contribution in [0.25, 0.3) is 6.08 Å². The van der Waals surface area contributed by atoms with Gasteiger partial charge in [0.05, 0.1) is 30.0 Å². The summed E-state index contributed by atoms with van der Waals surface area (Å²) < 4.78 is 39.2. The Kier molecular flexibility index (Phi) is 12.3. The third kappa shape index (κ3) is 10.9. The van der Waals surface area contributed by atoms with E-state index in [9.17, 15) is 0 Å². The molecule has 2 rings (SSSR count). The highest BCUT2D eigenvalue weighted by Crippen LogP contribution is 2.39. The maximum atomic E-state index is 15.4. The molecular weight excluding hydrogens is 481 g/mol. The first-order chi connectivity index (χ1) is 16.4. The molecule has 1 unspecified atom stereocenters. The van der Waals surface area contributed by atoms with Gasteiger partial charge in [-0.1, -0.05) is 32.4 Å². The molecule has 3 atom stereocenters. The molecule has 1 fully saturated rings. The van der Waals surface area contributed by atoms with Crippen molar-refractivity contribution in [2.45, 2.75) is 110 Å². The molecule has 0 bridgehead atoms. The minimum absolute atomic E-state index is 0.00375. The van der Waals surface area contributed by atoms with Crippen LogP contribution in [0.4, 0.5) is 4.39 Å². The van der Waals surface area contributed by atoms with E-state index >= 15 is 4.39 Å². The molecule has 0 aromatic carbocycles. The van der Waals surface area contributed by atoms with E-state index < -0.39 is 14.4 Å². The molecule has 0 radical (unpaired) electrons. The van der Waals surface area contributed by atoms with Crippen molar-refractivity contribution >= 4 is 25.7 Å². The molecule has 5 nitrogen and oxygen atoms in total. The second kappa shape index (κ2) is 14.1. The lowest BCUT2D eigenvalue weighted by Gasteiger charge is -2.38. The predicted octanol–water partition coefficient (Wildman–Crippen LogP) is 7.83. The number of ether oxygens (including phenoxy) is 3. The minimum Gasteiger partial charge on any atom is -0.407 e. The van der Waals surface area contributed by atoms with Crippen LogP contribution < -0.4 is 0 Å². The number of halogens is 1. The van der Waals surface area contributed by atoms with Crippen LogP contribution in [-0.4, -0.2) is 51.6 Å². The maximum Gasteiger partial charge on any atom is 0.193 e. The van der Waals surface area contributed by atoms with E-state index in [4.69, 9.17) is 18.6 Å². The fourth-order valence-corrected chi connectivity index (χ4v) is 5.24. The Morgan fingerprint density at radius 1 is 1.34 bits per heavy atom. The van der Waals surface area contributed by atoms with Crippen LogP contribution in [0.15, 0.2) is 22.9 Å². The number of nitrogens with zero attached hydrogens (tertiary/aromatic N) is 1. The van der Waals surface area contributed by atoms with Crippen LogP contribution in [0, 0.1) is 6.92 Å². The van der Waals surface area contributed by atoms with Crippen LogP contribution in [-0.2, 0) is 18.6 Å². The molecule has 0 saturated carbocycles. The van der Waals surface area contributed by atoms with Crippen molar-refractivity contribution in [3.63, 3.8) is 0 Å². The highest BCUT2D eigenvalue weighted by Gasteiger charge is 2.39. The van der Waals surface area contributed by atoms with Crippen molar-refractivity contribution in [3.8, 4) is 0 Å². The van der Waals surface area contributed by atoms with Crippen LogP contribution in [0.5, 0.6) is 0 Å². The zero-order chi connectivity index (χ0) is 26.1. The van der Waals surface area contributed by atoms with Gasteiger partial charge in [0.25, 0.3) is 0 Å². The van der Waals surface area contributed by atoms with Crippen molar-refractivity contribution in [1.82, 2.24) is 4.98 Å². The summed E-state index contributed by atoms with van der Waals surface area (Å²) in [4.78, 5) is 4.38. The number of aromatic nitrogens is 1. The van der Waals surface area contributed by atoms with Gasteiger partial charge in [0, 0.05) is 12.0 Å². The normalized spacial score (nSPS) is 20.2. The van der Waals surface area contributed by atoms with E-state index in [0.717, 1.165) is 42.9 Å². The smallest absolute Gasteiger partial charge is 0.193 e. The first-order valence-corrected chi connectivity index (χ1v) is 16.6. The Morgan fingerprint density at radius 2 is 2.09 bits per heavy atom. The Hall–Kier alpha value is -0.903. The molecule has 0 amide bonds. The van der Waals surface area contributed by atoms with Gasteiger partial charge in [-0.25, -0.2) is 9.37 Å². The highest BCUT2D eigenvalue weighted by atomic mass is 32.1. The topological polar surface area (TPSA) is 49.8 Å². The largest absolute Gasteiger partial charge is 0.407 e. The zero-order valence-corrected chi connectivity index (χ0v) is 24.8. The van der Waals surface area contributed by atoms with Crippen LogP contribution in [0.1, 0.15) is 77.4 Å². The third-order valence-electron chi connectivity index (χ3n) is 6.71. The molecule has 1 aromatic heterocycles. The number of aryl methyl sites for hydroxylation is 1. The van der Waals surface area contributed by atoms with E-state index in [2.05, 4.69) is 51.8 Å². The molecule has 0 spiro atoms. The molecule has 1 aromatic rings. The van der Waals surface area contributed by atoms with Gasteiger partial charge in [0.1, 0.15) is 11.9 Å². The molecule has 1 aliphatic heterocycles. The van der Waals surface area contributed by atoms with Gasteiger partial charge < -0.3 is 18.6 Å². The summed E-state index contributed by atoms with van der Waals surface area (Å²) in [7, 11) is -2.16. The molecule has 0 N–H and O–H groups in total. The van der Waals surface area contributed by atoms with Crippen molar-refractivity contribution in [2.24, 2.45) is 0 Å². The molecule has 1 aliphatic rings. The number of rotatable bonds is 13. The van der Waals surface area contributed by atoms with Gasteiger partial charge in [-0.3, -0.25) is 0 Å². The van der Waals surface area contributed by atoms with Crippen molar-refractivity contribution in [3.05, 3.63) is 33.6 Å². The molecular formula is C27H46FNO4SSi. The summed E-state index contributed by atoms with van der Waals surface area (Å²) in [5.41, 5.74) is 1.81. The molecule has 200 valence electrons. The molecule has 1 saturated heterocycles. The summed E-state index contributed by atoms with van der Waals surface area (Å²) >= 11 is 1.52. The van der Waals surface area contributed by atoms with Crippen molar-refractivity contribution in [2.75, 3.05) is 19.8 Å². The SMILES string of the molecule is C/C(=C\C[C@H](O[Si](C)(C)C(C)(C)C)/C(F)=C/c1csc(C)n1)CCOC(C)CO[C@@H]1CCCCO1. The van der Waals surface area contributed by atoms with Crippen LogP contribution in [0.3, 0.4) is 0 Å². The first kappa shape index (κ1) is 30.3. The molecule has 2 heterocycles. The second-order valence-corrected chi connectivity index (χ2v) is 16.9. The third-order valence-corrected chi connectivity index (χ3v) is 12.0. The van der Waals surface area contributed by atoms with Gasteiger partial charge in [0.2, 0.25) is 0 Å². The maximum absolute atomic E-state index is 15.4. The van der Waals surface area contributed by atoms with E-state index in [1.165, 1.54) is 17.4 Å². The molecule has 8 heteroatoms. The quantitative estimate of drug-likeness (QED) is 0.193. The average molecular weight is 528 g/mol. The van der Waals surface area contributed by atoms with E-state index in [1.54, 1.807) is 0 Å². The van der Waals surface area contributed by atoms with Gasteiger partial charge in [-0.2, -0.15) is 0 Å². The Labute approximate surface area is 217 Å². The summed E-state index contributed by atoms with van der Waals surface area (Å²) in [5.74, 6) is -0.267. The van der Waals surface area contributed by atoms with E-state index in [1.807, 2.05) is 19.2 Å².